The van der Waals surface area contributed by atoms with Crippen LogP contribution >= 0.6 is 11.6 Å². The number of carbonyl (C=O) groups excluding carboxylic acids is 1. The van der Waals surface area contributed by atoms with Crippen molar-refractivity contribution in [3.05, 3.63) is 76.4 Å². The lowest BCUT2D eigenvalue weighted by atomic mass is 10.0. The number of halogens is 3. The van der Waals surface area contributed by atoms with Crippen LogP contribution in [-0.4, -0.2) is 16.7 Å². The Bertz CT molecular complexity index is 878. The van der Waals surface area contributed by atoms with Gasteiger partial charge in [0.25, 0.3) is 6.47 Å². The Hall–Kier alpha value is -2.73. The first-order chi connectivity index (χ1) is 12.0. The molecule has 1 heterocycles. The first kappa shape index (κ1) is 17.1. The maximum absolute atomic E-state index is 13.3. The molecule has 0 aliphatic carbocycles. The molecule has 4 nitrogen and oxygen atoms in total. The summed E-state index contributed by atoms with van der Waals surface area (Å²) in [5.74, 6) is -1.36. The third kappa shape index (κ3) is 4.22. The third-order valence-electron chi connectivity index (χ3n) is 3.63. The molecule has 0 amide bonds. The first-order valence-corrected chi connectivity index (χ1v) is 7.78. The van der Waals surface area contributed by atoms with Crippen LogP contribution in [0, 0.1) is 11.6 Å². The van der Waals surface area contributed by atoms with Crippen LogP contribution in [0.5, 0.6) is 0 Å². The topological polar surface area (TPSA) is 55.0 Å². The lowest BCUT2D eigenvalue weighted by Crippen LogP contribution is -2.07. The van der Waals surface area contributed by atoms with E-state index in [1.807, 2.05) is 0 Å². The molecule has 3 aromatic rings. The van der Waals surface area contributed by atoms with Crippen LogP contribution < -0.4 is 0 Å². The Balaban J connectivity index is 1.84. The molecular weight excluding hydrogens is 350 g/mol. The molecule has 7 heteroatoms. The van der Waals surface area contributed by atoms with Crippen LogP contribution in [0.1, 0.15) is 17.4 Å². The fourth-order valence-corrected chi connectivity index (χ4v) is 2.73. The van der Waals surface area contributed by atoms with Gasteiger partial charge in [-0.05, 0) is 35.9 Å². The van der Waals surface area contributed by atoms with Crippen LogP contribution in [0.25, 0.3) is 11.3 Å². The number of carbonyl (C=O) groups is 1. The maximum atomic E-state index is 13.3. The van der Waals surface area contributed by atoms with E-state index in [-0.39, 0.29) is 0 Å². The zero-order chi connectivity index (χ0) is 17.8. The molecule has 0 aliphatic rings. The third-order valence-corrected chi connectivity index (χ3v) is 3.87. The van der Waals surface area contributed by atoms with Crippen molar-refractivity contribution >= 4 is 18.1 Å². The van der Waals surface area contributed by atoms with Crippen LogP contribution in [-0.2, 0) is 16.0 Å². The van der Waals surface area contributed by atoms with E-state index >= 15 is 0 Å². The molecule has 25 heavy (non-hydrogen) atoms. The standard InChI is InChI=1S/C18H13ClF2N2O2/c19-13-3-1-2-11(4-13)18(25-10-24)9-16-8-17(23-22-16)12-5-14(20)7-15(21)6-12/h1-8,10,18H,9H2,(H,22,23). The summed E-state index contributed by atoms with van der Waals surface area (Å²) in [7, 11) is 0. The summed E-state index contributed by atoms with van der Waals surface area (Å²) < 4.78 is 31.8. The second-order valence-corrected chi connectivity index (χ2v) is 5.85. The van der Waals surface area contributed by atoms with Gasteiger partial charge >= 0.3 is 0 Å². The molecule has 1 atom stereocenters. The van der Waals surface area contributed by atoms with Gasteiger partial charge in [0, 0.05) is 28.8 Å². The summed E-state index contributed by atoms with van der Waals surface area (Å²) >= 11 is 5.97. The minimum absolute atomic E-state index is 0.309. The molecule has 0 bridgehead atoms. The highest BCUT2D eigenvalue weighted by Gasteiger charge is 2.16. The predicted octanol–water partition coefficient (Wildman–Crippen LogP) is 4.47. The minimum atomic E-state index is -0.680. The monoisotopic (exact) mass is 362 g/mol. The second-order valence-electron chi connectivity index (χ2n) is 5.42. The second kappa shape index (κ2) is 7.44. The zero-order valence-electron chi connectivity index (χ0n) is 12.9. The van der Waals surface area contributed by atoms with Gasteiger partial charge in [-0.2, -0.15) is 5.10 Å². The van der Waals surface area contributed by atoms with E-state index < -0.39 is 17.7 Å². The molecule has 0 saturated heterocycles. The molecule has 0 saturated carbocycles. The van der Waals surface area contributed by atoms with Gasteiger partial charge in [-0.15, -0.1) is 0 Å². The molecule has 0 spiro atoms. The summed E-state index contributed by atoms with van der Waals surface area (Å²) in [5, 5.41) is 7.38. The van der Waals surface area contributed by atoms with Gasteiger partial charge in [-0.3, -0.25) is 9.89 Å². The fraction of sp³-hybridized carbons (Fsp3) is 0.111. The van der Waals surface area contributed by atoms with Crippen LogP contribution in [0.4, 0.5) is 8.78 Å². The number of hydrogen-bond donors (Lipinski definition) is 1. The van der Waals surface area contributed by atoms with Gasteiger partial charge in [-0.25, -0.2) is 8.78 Å². The van der Waals surface area contributed by atoms with Gasteiger partial charge in [0.1, 0.15) is 17.7 Å². The summed E-state index contributed by atoms with van der Waals surface area (Å²) in [4.78, 5) is 10.8. The van der Waals surface area contributed by atoms with Crippen LogP contribution in [0.2, 0.25) is 5.02 Å². The molecule has 1 N–H and O–H groups in total. The van der Waals surface area contributed by atoms with Crippen LogP contribution in [0.15, 0.2) is 48.5 Å². The first-order valence-electron chi connectivity index (χ1n) is 7.40. The Morgan fingerprint density at radius 2 is 1.92 bits per heavy atom. The molecule has 0 aliphatic heterocycles. The molecule has 0 radical (unpaired) electrons. The van der Waals surface area contributed by atoms with Crippen molar-refractivity contribution in [2.24, 2.45) is 0 Å². The van der Waals surface area contributed by atoms with E-state index in [1.165, 1.54) is 12.1 Å². The van der Waals surface area contributed by atoms with Gasteiger partial charge < -0.3 is 4.74 Å². The summed E-state index contributed by atoms with van der Waals surface area (Å²) in [6.07, 6.45) is -0.252. The normalized spacial score (nSPS) is 12.0. The van der Waals surface area contributed by atoms with Crippen molar-refractivity contribution in [2.45, 2.75) is 12.5 Å². The molecule has 1 aromatic heterocycles. The largest absolute Gasteiger partial charge is 0.459 e. The number of aromatic nitrogens is 2. The van der Waals surface area contributed by atoms with Crippen molar-refractivity contribution in [1.29, 1.82) is 0 Å². The smallest absolute Gasteiger partial charge is 0.293 e. The van der Waals surface area contributed by atoms with Crippen molar-refractivity contribution in [1.82, 2.24) is 10.2 Å². The Morgan fingerprint density at radius 1 is 1.16 bits per heavy atom. The minimum Gasteiger partial charge on any atom is -0.459 e. The van der Waals surface area contributed by atoms with Crippen molar-refractivity contribution < 1.29 is 18.3 Å². The number of hydrogen-bond acceptors (Lipinski definition) is 3. The van der Waals surface area contributed by atoms with Crippen molar-refractivity contribution in [2.75, 3.05) is 0 Å². The average Bonchev–Trinajstić information content (AvgIpc) is 3.02. The highest BCUT2D eigenvalue weighted by atomic mass is 35.5. The molecule has 0 fully saturated rings. The number of rotatable bonds is 6. The highest BCUT2D eigenvalue weighted by molar-refractivity contribution is 6.30. The predicted molar refractivity (Wildman–Crippen MR) is 89.0 cm³/mol. The summed E-state index contributed by atoms with van der Waals surface area (Å²) in [6, 6.07) is 11.8. The van der Waals surface area contributed by atoms with Crippen molar-refractivity contribution in [3.63, 3.8) is 0 Å². The number of benzene rings is 2. The SMILES string of the molecule is O=COC(Cc1cc(-c2cc(F)cc(F)c2)n[nH]1)c1cccc(Cl)c1. The van der Waals surface area contributed by atoms with E-state index in [2.05, 4.69) is 10.2 Å². The van der Waals surface area contributed by atoms with E-state index in [9.17, 15) is 13.6 Å². The summed E-state index contributed by atoms with van der Waals surface area (Å²) in [5.41, 5.74) is 2.08. The quantitative estimate of drug-likeness (QED) is 0.658. The zero-order valence-corrected chi connectivity index (χ0v) is 13.6. The number of H-pyrrole nitrogens is 1. The number of aromatic amines is 1. The van der Waals surface area contributed by atoms with Gasteiger partial charge in [0.05, 0.1) is 5.69 Å². The van der Waals surface area contributed by atoms with Gasteiger partial charge in [-0.1, -0.05) is 23.7 Å². The Labute approximate surface area is 147 Å². The number of ether oxygens (including phenoxy) is 1. The number of nitrogens with zero attached hydrogens (tertiary/aromatic N) is 1. The Kier molecular flexibility index (Phi) is 5.09. The molecule has 2 aromatic carbocycles. The molecule has 128 valence electrons. The lowest BCUT2D eigenvalue weighted by Gasteiger charge is -2.14. The number of nitrogens with one attached hydrogen (secondary N) is 1. The van der Waals surface area contributed by atoms with E-state index in [0.717, 1.165) is 11.6 Å². The van der Waals surface area contributed by atoms with E-state index in [4.69, 9.17) is 16.3 Å². The van der Waals surface area contributed by atoms with Crippen LogP contribution in [0.3, 0.4) is 0 Å². The Morgan fingerprint density at radius 3 is 2.60 bits per heavy atom. The van der Waals surface area contributed by atoms with Gasteiger partial charge in [0.2, 0.25) is 0 Å². The van der Waals surface area contributed by atoms with E-state index in [1.54, 1.807) is 30.3 Å². The van der Waals surface area contributed by atoms with Gasteiger partial charge in [0.15, 0.2) is 0 Å². The summed E-state index contributed by atoms with van der Waals surface area (Å²) in [6.45, 7) is 0.366. The maximum Gasteiger partial charge on any atom is 0.293 e. The fourth-order valence-electron chi connectivity index (χ4n) is 2.53. The molecule has 1 unspecified atom stereocenters. The van der Waals surface area contributed by atoms with E-state index in [0.29, 0.717) is 34.9 Å². The molecular formula is C18H13ClF2N2O2. The highest BCUT2D eigenvalue weighted by Crippen LogP contribution is 2.26. The van der Waals surface area contributed by atoms with Crippen molar-refractivity contribution in [3.8, 4) is 11.3 Å². The average molecular weight is 363 g/mol. The molecule has 3 rings (SSSR count). The lowest BCUT2D eigenvalue weighted by molar-refractivity contribution is -0.133.